The van der Waals surface area contributed by atoms with E-state index in [1.807, 2.05) is 0 Å². The Morgan fingerprint density at radius 3 is 2.88 bits per heavy atom. The Labute approximate surface area is 102 Å². The number of nitrogens with zero attached hydrogens (tertiary/aromatic N) is 1. The van der Waals surface area contributed by atoms with Crippen LogP contribution in [0.1, 0.15) is 5.56 Å². The highest BCUT2D eigenvalue weighted by atomic mass is 32.2. The molecule has 0 spiro atoms. The maximum atomic E-state index is 11.7. The second-order valence-electron chi connectivity index (χ2n) is 3.62. The van der Waals surface area contributed by atoms with Crippen molar-refractivity contribution in [3.05, 3.63) is 23.8 Å². The number of rotatable bonds is 3. The molecule has 2 rings (SSSR count). The average molecular weight is 253 g/mol. The number of aliphatic carboxylic acids is 1. The van der Waals surface area contributed by atoms with Crippen LogP contribution in [0.25, 0.3) is 0 Å². The smallest absolute Gasteiger partial charge is 0.323 e. The Morgan fingerprint density at radius 2 is 2.24 bits per heavy atom. The molecular weight excluding hydrogens is 242 g/mol. The van der Waals surface area contributed by atoms with Crippen molar-refractivity contribution in [2.45, 2.75) is 11.5 Å². The minimum Gasteiger partial charge on any atom is -0.480 e. The molecule has 0 unspecified atom stereocenters. The first-order valence-corrected chi connectivity index (χ1v) is 5.99. The van der Waals surface area contributed by atoms with Crippen LogP contribution in [0, 0.1) is 0 Å². The number of thioether (sulfide) groups is 1. The molecule has 0 aliphatic carbocycles. The molecule has 6 heteroatoms. The van der Waals surface area contributed by atoms with Gasteiger partial charge in [0.05, 0.1) is 18.0 Å². The normalized spacial score (nSPS) is 14.6. The summed E-state index contributed by atoms with van der Waals surface area (Å²) in [6, 6.07) is 5.22. The van der Waals surface area contributed by atoms with Gasteiger partial charge in [-0.2, -0.15) is 0 Å². The van der Waals surface area contributed by atoms with Crippen LogP contribution < -0.4 is 4.90 Å². The van der Waals surface area contributed by atoms with E-state index in [0.717, 1.165) is 4.90 Å². The summed E-state index contributed by atoms with van der Waals surface area (Å²) in [6.45, 7) is -0.478. The lowest BCUT2D eigenvalue weighted by atomic mass is 10.2. The molecule has 1 aliphatic heterocycles. The summed E-state index contributed by atoms with van der Waals surface area (Å²) < 4.78 is 0. The van der Waals surface area contributed by atoms with Gasteiger partial charge in [-0.3, -0.25) is 14.5 Å². The molecule has 0 bridgehead atoms. The molecule has 17 heavy (non-hydrogen) atoms. The van der Waals surface area contributed by atoms with Crippen molar-refractivity contribution in [1.29, 1.82) is 0 Å². The van der Waals surface area contributed by atoms with Gasteiger partial charge in [0.1, 0.15) is 6.54 Å². The van der Waals surface area contributed by atoms with Gasteiger partial charge in [-0.1, -0.05) is 6.07 Å². The first-order valence-electron chi connectivity index (χ1n) is 5.00. The molecule has 0 radical (unpaired) electrons. The minimum atomic E-state index is -1.05. The molecule has 5 nitrogen and oxygen atoms in total. The minimum absolute atomic E-state index is 0.132. The third-order valence-corrected chi connectivity index (χ3v) is 3.49. The standard InChI is InChI=1S/C11H11NO4S/c13-5-7-1-2-9-8(3-7)12(4-11(15)16)10(14)6-17-9/h1-3,13H,4-6H2,(H,15,16). The number of aliphatic hydroxyl groups is 1. The van der Waals surface area contributed by atoms with Gasteiger partial charge in [-0.25, -0.2) is 0 Å². The summed E-state index contributed by atoms with van der Waals surface area (Å²) in [6.07, 6.45) is 0. The van der Waals surface area contributed by atoms with E-state index in [0.29, 0.717) is 11.3 Å². The number of hydrogen-bond acceptors (Lipinski definition) is 4. The van der Waals surface area contributed by atoms with Crippen LogP contribution in [0.15, 0.2) is 23.1 Å². The highest BCUT2D eigenvalue weighted by Gasteiger charge is 2.26. The summed E-state index contributed by atoms with van der Waals surface area (Å²) in [5.41, 5.74) is 1.23. The first-order chi connectivity index (χ1) is 8.11. The second kappa shape index (κ2) is 4.77. The van der Waals surface area contributed by atoms with Crippen molar-refractivity contribution in [2.75, 3.05) is 17.2 Å². The monoisotopic (exact) mass is 253 g/mol. The largest absolute Gasteiger partial charge is 0.480 e. The van der Waals surface area contributed by atoms with E-state index >= 15 is 0 Å². The number of aliphatic hydroxyl groups excluding tert-OH is 1. The molecule has 1 aromatic rings. The van der Waals surface area contributed by atoms with Gasteiger partial charge in [0, 0.05) is 4.90 Å². The Hall–Kier alpha value is -1.53. The molecule has 0 fully saturated rings. The molecule has 2 N–H and O–H groups in total. The summed E-state index contributed by atoms with van der Waals surface area (Å²) in [7, 11) is 0. The van der Waals surface area contributed by atoms with Crippen molar-refractivity contribution in [3.8, 4) is 0 Å². The number of amides is 1. The molecule has 1 amide bonds. The average Bonchev–Trinajstić information content (AvgIpc) is 2.32. The third kappa shape index (κ3) is 2.42. The third-order valence-electron chi connectivity index (χ3n) is 2.44. The number of carboxylic acid groups (broad SMARTS) is 1. The van der Waals surface area contributed by atoms with E-state index in [4.69, 9.17) is 10.2 Å². The molecule has 0 saturated carbocycles. The predicted molar refractivity (Wildman–Crippen MR) is 63.1 cm³/mol. The fourth-order valence-electron chi connectivity index (χ4n) is 1.65. The molecule has 90 valence electrons. The highest BCUT2D eigenvalue weighted by Crippen LogP contribution is 2.35. The van der Waals surface area contributed by atoms with Crippen LogP contribution in [0.2, 0.25) is 0 Å². The van der Waals surface area contributed by atoms with E-state index in [9.17, 15) is 9.59 Å². The number of anilines is 1. The van der Waals surface area contributed by atoms with Gasteiger partial charge in [-0.15, -0.1) is 11.8 Å². The van der Waals surface area contributed by atoms with Gasteiger partial charge in [0.15, 0.2) is 0 Å². The van der Waals surface area contributed by atoms with E-state index < -0.39 is 5.97 Å². The molecule has 1 heterocycles. The molecular formula is C11H11NO4S. The highest BCUT2D eigenvalue weighted by molar-refractivity contribution is 8.00. The van der Waals surface area contributed by atoms with Crippen LogP contribution in [-0.2, 0) is 16.2 Å². The molecule has 1 aromatic carbocycles. The van der Waals surface area contributed by atoms with E-state index in [1.54, 1.807) is 18.2 Å². The summed E-state index contributed by atoms with van der Waals surface area (Å²) in [5.74, 6) is -1.02. The molecule has 1 aliphatic rings. The number of fused-ring (bicyclic) bond motifs is 1. The molecule has 0 saturated heterocycles. The van der Waals surface area contributed by atoms with Gasteiger partial charge >= 0.3 is 5.97 Å². The zero-order valence-corrected chi connectivity index (χ0v) is 9.74. The van der Waals surface area contributed by atoms with Crippen molar-refractivity contribution < 1.29 is 19.8 Å². The summed E-state index contributed by atoms with van der Waals surface area (Å²) in [4.78, 5) is 24.5. The maximum absolute atomic E-state index is 11.7. The fourth-order valence-corrected chi connectivity index (χ4v) is 2.57. The Bertz CT molecular complexity index is 475. The van der Waals surface area contributed by atoms with Crippen LogP contribution in [-0.4, -0.2) is 34.4 Å². The number of carbonyl (C=O) groups is 2. The number of carbonyl (C=O) groups excluding carboxylic acids is 1. The Kier molecular flexibility index (Phi) is 3.35. The fraction of sp³-hybridized carbons (Fsp3) is 0.273. The number of benzene rings is 1. The van der Waals surface area contributed by atoms with Crippen molar-refractivity contribution in [2.24, 2.45) is 0 Å². The van der Waals surface area contributed by atoms with Crippen LogP contribution in [0.3, 0.4) is 0 Å². The quantitative estimate of drug-likeness (QED) is 0.829. The van der Waals surface area contributed by atoms with Gasteiger partial charge in [0.25, 0.3) is 0 Å². The SMILES string of the molecule is O=C(O)CN1C(=O)CSc2ccc(CO)cc21. The topological polar surface area (TPSA) is 77.8 Å². The van der Waals surface area contributed by atoms with E-state index in [1.165, 1.54) is 16.7 Å². The van der Waals surface area contributed by atoms with Crippen LogP contribution in [0.4, 0.5) is 5.69 Å². The van der Waals surface area contributed by atoms with E-state index in [2.05, 4.69) is 0 Å². The first kappa shape index (κ1) is 11.9. The molecule has 0 atom stereocenters. The number of hydrogen-bond donors (Lipinski definition) is 2. The number of carboxylic acids is 1. The van der Waals surface area contributed by atoms with E-state index in [-0.39, 0.29) is 24.8 Å². The summed E-state index contributed by atoms with van der Waals surface area (Å²) >= 11 is 1.38. The lowest BCUT2D eigenvalue weighted by Gasteiger charge is -2.27. The van der Waals surface area contributed by atoms with Crippen LogP contribution >= 0.6 is 11.8 Å². The summed E-state index contributed by atoms with van der Waals surface area (Å²) in [5, 5.41) is 17.8. The zero-order chi connectivity index (χ0) is 12.4. The Morgan fingerprint density at radius 1 is 1.47 bits per heavy atom. The van der Waals surface area contributed by atoms with Gasteiger partial charge in [-0.05, 0) is 17.7 Å². The lowest BCUT2D eigenvalue weighted by Crippen LogP contribution is -2.39. The predicted octanol–water partition coefficient (Wildman–Crippen LogP) is 0.702. The zero-order valence-electron chi connectivity index (χ0n) is 8.92. The van der Waals surface area contributed by atoms with Crippen molar-refractivity contribution in [1.82, 2.24) is 0 Å². The van der Waals surface area contributed by atoms with Crippen LogP contribution in [0.5, 0.6) is 0 Å². The maximum Gasteiger partial charge on any atom is 0.323 e. The molecule has 0 aromatic heterocycles. The van der Waals surface area contributed by atoms with Gasteiger partial charge < -0.3 is 10.2 Å². The van der Waals surface area contributed by atoms with Gasteiger partial charge in [0.2, 0.25) is 5.91 Å². The lowest BCUT2D eigenvalue weighted by molar-refractivity contribution is -0.136. The Balaban J connectivity index is 2.41. The van der Waals surface area contributed by atoms with Crippen molar-refractivity contribution >= 4 is 29.3 Å². The second-order valence-corrected chi connectivity index (χ2v) is 4.64. The van der Waals surface area contributed by atoms with Crippen molar-refractivity contribution in [3.63, 3.8) is 0 Å².